The lowest BCUT2D eigenvalue weighted by Crippen LogP contribution is -2.26. The van der Waals surface area contributed by atoms with Gasteiger partial charge in [0.25, 0.3) is 0 Å². The van der Waals surface area contributed by atoms with Gasteiger partial charge >= 0.3 is 17.7 Å². The second-order valence-electron chi connectivity index (χ2n) is 7.37. The van der Waals surface area contributed by atoms with Crippen molar-refractivity contribution in [3.63, 3.8) is 0 Å². The number of rotatable bonds is 10. The number of imidazole rings is 1. The van der Waals surface area contributed by atoms with Crippen molar-refractivity contribution in [2.45, 2.75) is 32.9 Å². The quantitative estimate of drug-likeness (QED) is 0.367. The number of unbranched alkanes of at least 4 members (excludes halogenated alkanes) is 1. The molecule has 0 aliphatic rings. The van der Waals surface area contributed by atoms with Gasteiger partial charge in [-0.2, -0.15) is 9.97 Å². The van der Waals surface area contributed by atoms with Gasteiger partial charge < -0.3 is 20.2 Å². The summed E-state index contributed by atoms with van der Waals surface area (Å²) in [4.78, 5) is 37.0. The Kier molecular flexibility index (Phi) is 7.24. The topological polar surface area (TPSA) is 128 Å². The van der Waals surface area contributed by atoms with Crippen LogP contribution in [0.4, 0.5) is 5.82 Å². The first-order chi connectivity index (χ1) is 14.9. The highest BCUT2D eigenvalue weighted by Crippen LogP contribution is 2.19. The number of carbonyl (C=O) groups is 1. The number of ether oxygens (including phenoxy) is 2. The molecular formula is C21H28N6O4. The number of methoxy groups -OCH3 is 1. The number of aromatic nitrogens is 4. The van der Waals surface area contributed by atoms with Crippen LogP contribution >= 0.6 is 0 Å². The maximum atomic E-state index is 12.5. The van der Waals surface area contributed by atoms with E-state index in [2.05, 4.69) is 26.6 Å². The first-order valence-corrected chi connectivity index (χ1v) is 10.1. The molecule has 3 rings (SSSR count). The number of esters is 1. The van der Waals surface area contributed by atoms with Crippen LogP contribution in [0.15, 0.2) is 29.1 Å². The van der Waals surface area contributed by atoms with Crippen LogP contribution in [0.3, 0.4) is 0 Å². The second-order valence-corrected chi connectivity index (χ2v) is 7.37. The van der Waals surface area contributed by atoms with Crippen LogP contribution in [0.2, 0.25) is 0 Å². The summed E-state index contributed by atoms with van der Waals surface area (Å²) in [6.07, 6.45) is 1.86. The first-order valence-electron chi connectivity index (χ1n) is 10.1. The average molecular weight is 428 g/mol. The first kappa shape index (κ1) is 22.3. The van der Waals surface area contributed by atoms with Gasteiger partial charge in [0.15, 0.2) is 11.5 Å². The summed E-state index contributed by atoms with van der Waals surface area (Å²) < 4.78 is 11.8. The number of nitrogens with one attached hydrogen (secondary N) is 1. The van der Waals surface area contributed by atoms with Crippen LogP contribution < -0.4 is 16.2 Å². The summed E-state index contributed by atoms with van der Waals surface area (Å²) in [6, 6.07) is 7.97. The maximum Gasteiger partial charge on any atom is 0.328 e. The fourth-order valence-electron chi connectivity index (χ4n) is 3.14. The van der Waals surface area contributed by atoms with Crippen LogP contribution in [-0.4, -0.2) is 57.7 Å². The third-order valence-corrected chi connectivity index (χ3v) is 4.80. The van der Waals surface area contributed by atoms with Crippen molar-refractivity contribution in [3.8, 4) is 6.01 Å². The Morgan fingerprint density at radius 2 is 1.94 bits per heavy atom. The molecule has 10 heteroatoms. The SMILES string of the molecule is CCCCOc1nc(N)c2[nH]c(=O)n(Cc3ccc(CN(C)CC(=O)OC)cc3)c2n1. The minimum absolute atomic E-state index is 0.162. The van der Waals surface area contributed by atoms with Gasteiger partial charge in [-0.3, -0.25) is 14.3 Å². The van der Waals surface area contributed by atoms with Gasteiger partial charge in [-0.15, -0.1) is 0 Å². The molecule has 1 aromatic carbocycles. The molecule has 0 saturated heterocycles. The summed E-state index contributed by atoms with van der Waals surface area (Å²) in [6.45, 7) is 3.69. The Morgan fingerprint density at radius 3 is 2.61 bits per heavy atom. The van der Waals surface area contributed by atoms with Crippen molar-refractivity contribution in [1.82, 2.24) is 24.4 Å². The fourth-order valence-corrected chi connectivity index (χ4v) is 3.14. The van der Waals surface area contributed by atoms with Gasteiger partial charge in [0.1, 0.15) is 5.52 Å². The lowest BCUT2D eigenvalue weighted by atomic mass is 10.1. The standard InChI is InChI=1S/C21H28N6O4/c1-4-5-10-31-20-24-18(22)17-19(25-20)27(21(29)23-17)12-15-8-6-14(7-9-15)11-26(2)13-16(28)30-3/h6-9H,4-5,10-13H2,1-3H3,(H,23,29)(H2,22,24,25). The number of H-pyrrole nitrogens is 1. The molecule has 166 valence electrons. The number of aromatic amines is 1. The number of nitrogens with zero attached hydrogens (tertiary/aromatic N) is 4. The Bertz CT molecular complexity index is 1090. The van der Waals surface area contributed by atoms with E-state index in [9.17, 15) is 9.59 Å². The Balaban J connectivity index is 1.77. The third kappa shape index (κ3) is 5.60. The number of hydrogen-bond acceptors (Lipinski definition) is 8. The molecule has 0 unspecified atom stereocenters. The Labute approximate surface area is 180 Å². The number of benzene rings is 1. The summed E-state index contributed by atoms with van der Waals surface area (Å²) in [5, 5.41) is 0. The van der Waals surface area contributed by atoms with Gasteiger partial charge in [-0.1, -0.05) is 37.6 Å². The molecular weight excluding hydrogens is 400 g/mol. The number of carbonyl (C=O) groups excluding carboxylic acids is 1. The summed E-state index contributed by atoms with van der Waals surface area (Å²) in [7, 11) is 3.22. The third-order valence-electron chi connectivity index (χ3n) is 4.80. The molecule has 0 fully saturated rings. The van der Waals surface area contributed by atoms with E-state index in [0.717, 1.165) is 24.0 Å². The molecule has 3 N–H and O–H groups in total. The summed E-state index contributed by atoms with van der Waals surface area (Å²) in [5.74, 6) is -0.103. The zero-order chi connectivity index (χ0) is 22.4. The predicted octanol–water partition coefficient (Wildman–Crippen LogP) is 1.53. The molecule has 31 heavy (non-hydrogen) atoms. The lowest BCUT2D eigenvalue weighted by molar-refractivity contribution is -0.141. The van der Waals surface area contributed by atoms with E-state index in [0.29, 0.717) is 30.9 Å². The van der Waals surface area contributed by atoms with Gasteiger partial charge in [0, 0.05) is 6.54 Å². The number of hydrogen-bond donors (Lipinski definition) is 2. The summed E-state index contributed by atoms with van der Waals surface area (Å²) in [5.41, 5.74) is 8.45. The molecule has 0 radical (unpaired) electrons. The number of nitrogen functional groups attached to an aromatic ring is 1. The minimum Gasteiger partial charge on any atom is -0.468 e. The average Bonchev–Trinajstić information content (AvgIpc) is 3.05. The van der Waals surface area contributed by atoms with E-state index in [1.165, 1.54) is 11.7 Å². The number of likely N-dealkylation sites (N-methyl/N-ethyl adjacent to an activating group) is 1. The normalized spacial score (nSPS) is 11.2. The van der Waals surface area contributed by atoms with Gasteiger partial charge in [0.05, 0.1) is 26.8 Å². The largest absolute Gasteiger partial charge is 0.468 e. The fraction of sp³-hybridized carbons (Fsp3) is 0.429. The molecule has 0 amide bonds. The van der Waals surface area contributed by atoms with E-state index < -0.39 is 0 Å². The van der Waals surface area contributed by atoms with E-state index in [4.69, 9.17) is 10.5 Å². The monoisotopic (exact) mass is 428 g/mol. The molecule has 0 bridgehead atoms. The van der Waals surface area contributed by atoms with Crippen LogP contribution in [-0.2, 0) is 22.6 Å². The van der Waals surface area contributed by atoms with Gasteiger partial charge in [-0.05, 0) is 24.6 Å². The molecule has 10 nitrogen and oxygen atoms in total. The van der Waals surface area contributed by atoms with Crippen molar-refractivity contribution >= 4 is 23.0 Å². The minimum atomic E-state index is -0.316. The highest BCUT2D eigenvalue weighted by molar-refractivity contribution is 5.81. The number of fused-ring (bicyclic) bond motifs is 1. The predicted molar refractivity (Wildman–Crippen MR) is 117 cm³/mol. The van der Waals surface area contributed by atoms with Crippen LogP contribution in [0.5, 0.6) is 6.01 Å². The van der Waals surface area contributed by atoms with Crippen LogP contribution in [0, 0.1) is 0 Å². The van der Waals surface area contributed by atoms with E-state index in [1.54, 1.807) is 0 Å². The molecule has 2 heterocycles. The number of nitrogens with two attached hydrogens (primary N) is 1. The molecule has 2 aromatic heterocycles. The smallest absolute Gasteiger partial charge is 0.328 e. The van der Waals surface area contributed by atoms with Crippen LogP contribution in [0.1, 0.15) is 30.9 Å². The van der Waals surface area contributed by atoms with E-state index >= 15 is 0 Å². The van der Waals surface area contributed by atoms with Crippen molar-refractivity contribution in [2.75, 3.05) is 33.0 Å². The second kappa shape index (κ2) is 10.1. The highest BCUT2D eigenvalue weighted by atomic mass is 16.5. The van der Waals surface area contributed by atoms with Crippen molar-refractivity contribution in [3.05, 3.63) is 45.9 Å². The molecule has 0 spiro atoms. The van der Waals surface area contributed by atoms with Crippen molar-refractivity contribution in [1.29, 1.82) is 0 Å². The van der Waals surface area contributed by atoms with Crippen molar-refractivity contribution in [2.24, 2.45) is 0 Å². The Hall–Kier alpha value is -3.40. The number of anilines is 1. The molecule has 0 aliphatic heterocycles. The van der Waals surface area contributed by atoms with Gasteiger partial charge in [-0.25, -0.2) is 4.79 Å². The Morgan fingerprint density at radius 1 is 1.23 bits per heavy atom. The zero-order valence-corrected chi connectivity index (χ0v) is 18.1. The zero-order valence-electron chi connectivity index (χ0n) is 18.1. The molecule has 0 atom stereocenters. The van der Waals surface area contributed by atoms with E-state index in [-0.39, 0.29) is 30.0 Å². The maximum absolute atomic E-state index is 12.5. The van der Waals surface area contributed by atoms with Crippen LogP contribution in [0.25, 0.3) is 11.2 Å². The molecule has 3 aromatic rings. The van der Waals surface area contributed by atoms with E-state index in [1.807, 2.05) is 36.2 Å². The lowest BCUT2D eigenvalue weighted by Gasteiger charge is -2.15. The summed E-state index contributed by atoms with van der Waals surface area (Å²) >= 11 is 0. The highest BCUT2D eigenvalue weighted by Gasteiger charge is 2.15. The molecule has 0 aliphatic carbocycles. The van der Waals surface area contributed by atoms with Crippen molar-refractivity contribution < 1.29 is 14.3 Å². The van der Waals surface area contributed by atoms with Gasteiger partial charge in [0.2, 0.25) is 0 Å². The molecule has 0 saturated carbocycles.